The van der Waals surface area contributed by atoms with Crippen LogP contribution in [0.1, 0.15) is 6.92 Å². The molecule has 0 aliphatic carbocycles. The van der Waals surface area contributed by atoms with Crippen LogP contribution in [0.2, 0.25) is 0 Å². The number of nitrogens with zero attached hydrogens (tertiary/aromatic N) is 3. The van der Waals surface area contributed by atoms with Gasteiger partial charge < -0.3 is 0 Å². The molecular weight excluding hydrogens is 253 g/mol. The van der Waals surface area contributed by atoms with Crippen LogP contribution in [0.5, 0.6) is 0 Å². The highest BCUT2D eigenvalue weighted by Gasteiger charge is 2.15. The van der Waals surface area contributed by atoms with Crippen molar-refractivity contribution >= 4 is 35.0 Å². The van der Waals surface area contributed by atoms with E-state index in [0.717, 1.165) is 11.5 Å². The zero-order valence-electron chi connectivity index (χ0n) is 6.16. The van der Waals surface area contributed by atoms with Gasteiger partial charge in [-0.25, -0.2) is 9.98 Å². The van der Waals surface area contributed by atoms with Crippen molar-refractivity contribution < 1.29 is 0 Å². The SMILES string of the molecule is C=CN=C1/C(=C\C)N=CN1I. The number of halogens is 1. The second kappa shape index (κ2) is 3.66. The van der Waals surface area contributed by atoms with Crippen molar-refractivity contribution in [3.8, 4) is 0 Å². The van der Waals surface area contributed by atoms with Crippen LogP contribution in [0.3, 0.4) is 0 Å². The molecule has 0 saturated carbocycles. The van der Waals surface area contributed by atoms with Crippen LogP contribution in [0, 0.1) is 0 Å². The van der Waals surface area contributed by atoms with E-state index in [1.807, 2.05) is 16.1 Å². The molecule has 0 spiro atoms. The maximum absolute atomic E-state index is 4.11. The first-order valence-electron chi connectivity index (χ1n) is 3.14. The predicted molar refractivity (Wildman–Crippen MR) is 55.7 cm³/mol. The standard InChI is InChI=1S/C7H8IN3/c1-3-6-7(9-4-2)11(8)5-10-6/h3-5H,2H2,1H3/b6-3+,9-7?. The highest BCUT2D eigenvalue weighted by molar-refractivity contribution is 14.1. The van der Waals surface area contributed by atoms with Crippen molar-refractivity contribution in [2.45, 2.75) is 6.92 Å². The molecular formula is C7H8IN3. The molecule has 0 atom stereocenters. The van der Waals surface area contributed by atoms with Crippen molar-refractivity contribution in [1.82, 2.24) is 3.11 Å². The number of hydrogen-bond donors (Lipinski definition) is 0. The van der Waals surface area contributed by atoms with E-state index in [1.54, 1.807) is 6.34 Å². The fourth-order valence-electron chi connectivity index (χ4n) is 0.746. The Kier molecular flexibility index (Phi) is 2.81. The minimum Gasteiger partial charge on any atom is -0.255 e. The Balaban J connectivity index is 2.95. The molecule has 0 aromatic carbocycles. The zero-order chi connectivity index (χ0) is 8.27. The molecule has 3 nitrogen and oxygen atoms in total. The monoisotopic (exact) mass is 261 g/mol. The molecule has 1 heterocycles. The van der Waals surface area contributed by atoms with Crippen molar-refractivity contribution in [3.63, 3.8) is 0 Å². The average Bonchev–Trinajstić information content (AvgIpc) is 2.34. The zero-order valence-corrected chi connectivity index (χ0v) is 8.32. The molecule has 0 bridgehead atoms. The van der Waals surface area contributed by atoms with Crippen LogP contribution < -0.4 is 0 Å². The maximum Gasteiger partial charge on any atom is 0.168 e. The van der Waals surface area contributed by atoms with Gasteiger partial charge in [-0.2, -0.15) is 0 Å². The third kappa shape index (κ3) is 1.68. The number of amidine groups is 1. The van der Waals surface area contributed by atoms with Crippen molar-refractivity contribution in [2.75, 3.05) is 0 Å². The van der Waals surface area contributed by atoms with E-state index in [-0.39, 0.29) is 0 Å². The van der Waals surface area contributed by atoms with Gasteiger partial charge in [-0.15, -0.1) is 0 Å². The van der Waals surface area contributed by atoms with Crippen molar-refractivity contribution in [2.24, 2.45) is 9.98 Å². The lowest BCUT2D eigenvalue weighted by Gasteiger charge is -2.03. The number of hydrogen-bond acceptors (Lipinski definition) is 2. The van der Waals surface area contributed by atoms with Crippen LogP contribution in [-0.4, -0.2) is 15.3 Å². The molecule has 0 amide bonds. The quantitative estimate of drug-likeness (QED) is 0.525. The summed E-state index contributed by atoms with van der Waals surface area (Å²) in [6.45, 7) is 5.46. The van der Waals surface area contributed by atoms with E-state index in [9.17, 15) is 0 Å². The number of aliphatic imine (C=N–C) groups is 2. The topological polar surface area (TPSA) is 28.0 Å². The highest BCUT2D eigenvalue weighted by atomic mass is 127. The summed E-state index contributed by atoms with van der Waals surface area (Å²) in [5.74, 6) is 0.836. The smallest absolute Gasteiger partial charge is 0.168 e. The van der Waals surface area contributed by atoms with Gasteiger partial charge >= 0.3 is 0 Å². The van der Waals surface area contributed by atoms with E-state index in [2.05, 4.69) is 39.4 Å². The van der Waals surface area contributed by atoms with E-state index < -0.39 is 0 Å². The second-order valence-corrected chi connectivity index (χ2v) is 2.90. The fraction of sp³-hybridized carbons (Fsp3) is 0.143. The largest absolute Gasteiger partial charge is 0.255 e. The second-order valence-electron chi connectivity index (χ2n) is 1.86. The van der Waals surface area contributed by atoms with Gasteiger partial charge in [0.25, 0.3) is 0 Å². The molecule has 4 heteroatoms. The molecule has 0 unspecified atom stereocenters. The molecule has 1 aliphatic rings. The minimum atomic E-state index is 0.836. The van der Waals surface area contributed by atoms with Crippen molar-refractivity contribution in [3.05, 3.63) is 24.6 Å². The van der Waals surface area contributed by atoms with Crippen LogP contribution in [0.4, 0.5) is 0 Å². The van der Waals surface area contributed by atoms with Gasteiger partial charge in [-0.3, -0.25) is 3.11 Å². The summed E-state index contributed by atoms with van der Waals surface area (Å²) in [7, 11) is 0. The molecule has 0 aromatic heterocycles. The molecule has 58 valence electrons. The van der Waals surface area contributed by atoms with E-state index >= 15 is 0 Å². The van der Waals surface area contributed by atoms with Crippen LogP contribution >= 0.6 is 22.9 Å². The summed E-state index contributed by atoms with van der Waals surface area (Å²) in [5, 5.41) is 0. The lowest BCUT2D eigenvalue weighted by atomic mass is 10.4. The maximum atomic E-state index is 4.11. The first-order chi connectivity index (χ1) is 5.29. The van der Waals surface area contributed by atoms with Crippen LogP contribution in [-0.2, 0) is 0 Å². The van der Waals surface area contributed by atoms with Gasteiger partial charge in [-0.1, -0.05) is 12.7 Å². The normalized spacial score (nSPS) is 23.6. The van der Waals surface area contributed by atoms with E-state index in [1.165, 1.54) is 6.20 Å². The molecule has 0 aromatic rings. The Bertz CT molecular complexity index is 252. The van der Waals surface area contributed by atoms with Crippen LogP contribution in [0.25, 0.3) is 0 Å². The summed E-state index contributed by atoms with van der Waals surface area (Å²) in [4.78, 5) is 8.17. The molecule has 0 N–H and O–H groups in total. The average molecular weight is 261 g/mol. The molecule has 1 rings (SSSR count). The Labute approximate surface area is 79.7 Å². The fourth-order valence-corrected chi connectivity index (χ4v) is 1.24. The summed E-state index contributed by atoms with van der Waals surface area (Å²) < 4.78 is 1.83. The van der Waals surface area contributed by atoms with Gasteiger partial charge in [0.1, 0.15) is 12.0 Å². The first-order valence-corrected chi connectivity index (χ1v) is 4.10. The number of rotatable bonds is 1. The summed E-state index contributed by atoms with van der Waals surface area (Å²) in [5.41, 5.74) is 0.888. The Morgan fingerprint density at radius 1 is 1.82 bits per heavy atom. The van der Waals surface area contributed by atoms with Crippen LogP contribution in [0.15, 0.2) is 34.5 Å². The van der Waals surface area contributed by atoms with Crippen molar-refractivity contribution in [1.29, 1.82) is 0 Å². The third-order valence-corrected chi connectivity index (χ3v) is 1.92. The first kappa shape index (κ1) is 8.45. The Morgan fingerprint density at radius 3 is 3.09 bits per heavy atom. The molecule has 0 radical (unpaired) electrons. The van der Waals surface area contributed by atoms with E-state index in [0.29, 0.717) is 0 Å². The lowest BCUT2D eigenvalue weighted by Crippen LogP contribution is -2.12. The summed E-state index contributed by atoms with van der Waals surface area (Å²) in [6, 6.07) is 0. The van der Waals surface area contributed by atoms with E-state index in [4.69, 9.17) is 0 Å². The molecule has 0 fully saturated rings. The Morgan fingerprint density at radius 2 is 2.55 bits per heavy atom. The summed E-state index contributed by atoms with van der Waals surface area (Å²) >= 11 is 2.12. The van der Waals surface area contributed by atoms with Gasteiger partial charge in [0, 0.05) is 6.20 Å². The molecule has 0 saturated heterocycles. The molecule has 1 aliphatic heterocycles. The Hall–Kier alpha value is -0.650. The highest BCUT2D eigenvalue weighted by Crippen LogP contribution is 2.15. The third-order valence-electron chi connectivity index (χ3n) is 1.22. The van der Waals surface area contributed by atoms with Gasteiger partial charge in [0.05, 0.1) is 22.9 Å². The van der Waals surface area contributed by atoms with Gasteiger partial charge in [0.2, 0.25) is 0 Å². The molecule has 11 heavy (non-hydrogen) atoms. The van der Waals surface area contributed by atoms with Gasteiger partial charge in [-0.05, 0) is 6.92 Å². The number of allylic oxidation sites excluding steroid dienone is 1. The predicted octanol–water partition coefficient (Wildman–Crippen LogP) is 2.13. The minimum absolute atomic E-state index is 0.836. The summed E-state index contributed by atoms with van der Waals surface area (Å²) in [6.07, 6.45) is 5.15. The lowest BCUT2D eigenvalue weighted by molar-refractivity contribution is 1.14. The van der Waals surface area contributed by atoms with Gasteiger partial charge in [0.15, 0.2) is 5.84 Å².